The molecule has 0 saturated heterocycles. The van der Waals surface area contributed by atoms with E-state index in [0.717, 1.165) is 26.5 Å². The van der Waals surface area contributed by atoms with Gasteiger partial charge >= 0.3 is 6.09 Å². The number of hydrogen-bond acceptors (Lipinski definition) is 6. The van der Waals surface area contributed by atoms with Crippen molar-refractivity contribution in [1.29, 1.82) is 0 Å². The molecule has 0 saturated carbocycles. The van der Waals surface area contributed by atoms with Crippen LogP contribution in [0.25, 0.3) is 22.4 Å². The molecule has 0 radical (unpaired) electrons. The van der Waals surface area contributed by atoms with Crippen molar-refractivity contribution in [1.82, 2.24) is 4.98 Å². The van der Waals surface area contributed by atoms with Gasteiger partial charge in [0.05, 0.1) is 10.2 Å². The number of fused-ring (bicyclic) bond motifs is 1. The monoisotopic (exact) mass is 436 g/mol. The molecule has 3 aromatic rings. The van der Waals surface area contributed by atoms with Gasteiger partial charge in [0.1, 0.15) is 16.4 Å². The van der Waals surface area contributed by atoms with Crippen molar-refractivity contribution in [3.8, 4) is 5.75 Å². The third kappa shape index (κ3) is 6.26. The van der Waals surface area contributed by atoms with Crippen LogP contribution in [-0.4, -0.2) is 30.2 Å². The number of aromatic nitrogens is 1. The first-order valence-corrected chi connectivity index (χ1v) is 10.5. The summed E-state index contributed by atoms with van der Waals surface area (Å²) in [4.78, 5) is 28.6. The van der Waals surface area contributed by atoms with Gasteiger partial charge in [-0.3, -0.25) is 9.69 Å². The zero-order chi connectivity index (χ0) is 22.4. The number of ether oxygens (including phenoxy) is 2. The molecule has 160 valence electrons. The predicted octanol–water partition coefficient (Wildman–Crippen LogP) is 5.93. The summed E-state index contributed by atoms with van der Waals surface area (Å²) in [5.74, 6) is 0.502. The van der Waals surface area contributed by atoms with E-state index < -0.39 is 5.60 Å². The number of amides is 1. The average molecular weight is 437 g/mol. The standard InChI is InChI=1S/C24H24N2O4S/c1-24(2,3)30-23(28)26(4)18-11-9-17(10-12-18)7-5-6-8-22-25-20-14-13-19(29-16-27)15-21(20)31-22/h5-16H,1-4H3. The number of rotatable bonds is 6. The summed E-state index contributed by atoms with van der Waals surface area (Å²) in [6.07, 6.45) is 7.35. The Bertz CT molecular complexity index is 1120. The maximum atomic E-state index is 12.2. The first-order chi connectivity index (χ1) is 14.7. The van der Waals surface area contributed by atoms with Gasteiger partial charge in [0.2, 0.25) is 0 Å². The molecule has 0 aliphatic carbocycles. The highest BCUT2D eigenvalue weighted by atomic mass is 32.1. The highest BCUT2D eigenvalue weighted by molar-refractivity contribution is 7.19. The van der Waals surface area contributed by atoms with Crippen LogP contribution in [0.5, 0.6) is 5.75 Å². The van der Waals surface area contributed by atoms with Crippen molar-refractivity contribution in [2.24, 2.45) is 0 Å². The lowest BCUT2D eigenvalue weighted by molar-refractivity contribution is -0.120. The highest BCUT2D eigenvalue weighted by Gasteiger charge is 2.20. The summed E-state index contributed by atoms with van der Waals surface area (Å²) in [7, 11) is 1.69. The molecule has 7 heteroatoms. The fourth-order valence-electron chi connectivity index (χ4n) is 2.67. The van der Waals surface area contributed by atoms with E-state index in [1.54, 1.807) is 19.2 Å². The number of hydrogen-bond donors (Lipinski definition) is 0. The number of allylic oxidation sites excluding steroid dienone is 2. The molecule has 0 atom stereocenters. The van der Waals surface area contributed by atoms with Crippen LogP contribution in [0.3, 0.4) is 0 Å². The largest absolute Gasteiger partial charge is 0.443 e. The Labute approximate surface area is 185 Å². The van der Waals surface area contributed by atoms with E-state index >= 15 is 0 Å². The minimum absolute atomic E-state index is 0.389. The van der Waals surface area contributed by atoms with Gasteiger partial charge in [-0.05, 0) is 56.7 Å². The Morgan fingerprint density at radius 1 is 1.06 bits per heavy atom. The van der Waals surface area contributed by atoms with Crippen molar-refractivity contribution in [3.05, 3.63) is 65.2 Å². The topological polar surface area (TPSA) is 68.7 Å². The molecule has 3 rings (SSSR count). The Hall–Kier alpha value is -3.45. The van der Waals surface area contributed by atoms with E-state index in [4.69, 9.17) is 9.47 Å². The van der Waals surface area contributed by atoms with Crippen LogP contribution < -0.4 is 9.64 Å². The molecular formula is C24H24N2O4S. The predicted molar refractivity (Wildman–Crippen MR) is 125 cm³/mol. The number of thiazole rings is 1. The number of benzene rings is 2. The molecule has 0 aliphatic heterocycles. The molecule has 0 bridgehead atoms. The molecule has 2 aromatic carbocycles. The van der Waals surface area contributed by atoms with Gasteiger partial charge < -0.3 is 9.47 Å². The maximum absolute atomic E-state index is 12.2. The van der Waals surface area contributed by atoms with E-state index in [1.165, 1.54) is 16.2 Å². The summed E-state index contributed by atoms with van der Waals surface area (Å²) in [6, 6.07) is 13.0. The molecule has 1 amide bonds. The lowest BCUT2D eigenvalue weighted by Crippen LogP contribution is -2.34. The van der Waals surface area contributed by atoms with Crippen molar-refractivity contribution >= 4 is 52.0 Å². The van der Waals surface area contributed by atoms with Crippen LogP contribution in [-0.2, 0) is 9.53 Å². The van der Waals surface area contributed by atoms with E-state index in [0.29, 0.717) is 12.2 Å². The van der Waals surface area contributed by atoms with Crippen molar-refractivity contribution in [3.63, 3.8) is 0 Å². The van der Waals surface area contributed by atoms with Crippen LogP contribution in [0, 0.1) is 0 Å². The maximum Gasteiger partial charge on any atom is 0.414 e. The lowest BCUT2D eigenvalue weighted by atomic mass is 10.2. The number of nitrogens with zero attached hydrogens (tertiary/aromatic N) is 2. The zero-order valence-corrected chi connectivity index (χ0v) is 18.7. The van der Waals surface area contributed by atoms with Crippen LogP contribution in [0.1, 0.15) is 31.3 Å². The van der Waals surface area contributed by atoms with Crippen LogP contribution in [0.15, 0.2) is 54.6 Å². The molecular weight excluding hydrogens is 412 g/mol. The van der Waals surface area contributed by atoms with Gasteiger partial charge in [-0.2, -0.15) is 0 Å². The minimum Gasteiger partial charge on any atom is -0.443 e. The Morgan fingerprint density at radius 3 is 2.45 bits per heavy atom. The normalized spacial score (nSPS) is 11.9. The number of anilines is 1. The fourth-order valence-corrected chi connectivity index (χ4v) is 3.58. The molecule has 0 aliphatic rings. The summed E-state index contributed by atoms with van der Waals surface area (Å²) in [5, 5.41) is 0.859. The minimum atomic E-state index is -0.533. The molecule has 1 heterocycles. The van der Waals surface area contributed by atoms with Gasteiger partial charge in [0, 0.05) is 18.8 Å². The van der Waals surface area contributed by atoms with Crippen LogP contribution >= 0.6 is 11.3 Å². The second-order valence-corrected chi connectivity index (χ2v) is 8.81. The number of carbonyl (C=O) groups excluding carboxylic acids is 2. The molecule has 31 heavy (non-hydrogen) atoms. The summed E-state index contributed by atoms with van der Waals surface area (Å²) in [6.45, 7) is 5.94. The molecule has 6 nitrogen and oxygen atoms in total. The number of carbonyl (C=O) groups is 2. The van der Waals surface area contributed by atoms with Gasteiger partial charge in [0.15, 0.2) is 0 Å². The third-order valence-corrected chi connectivity index (χ3v) is 5.13. The Kier molecular flexibility index (Phi) is 6.87. The van der Waals surface area contributed by atoms with E-state index in [2.05, 4.69) is 4.98 Å². The first kappa shape index (κ1) is 22.2. The molecule has 1 aromatic heterocycles. The van der Waals surface area contributed by atoms with Gasteiger partial charge in [-0.1, -0.05) is 30.4 Å². The SMILES string of the molecule is CN(C(=O)OC(C)(C)C)c1ccc(C=CC=Cc2nc3ccc(OC=O)cc3s2)cc1. The molecule has 0 fully saturated rings. The van der Waals surface area contributed by atoms with Crippen molar-refractivity contribution in [2.75, 3.05) is 11.9 Å². The van der Waals surface area contributed by atoms with E-state index in [9.17, 15) is 9.59 Å². The Morgan fingerprint density at radius 2 is 1.77 bits per heavy atom. The van der Waals surface area contributed by atoms with E-state index in [-0.39, 0.29) is 6.09 Å². The molecule has 0 N–H and O–H groups in total. The molecule has 0 spiro atoms. The molecule has 0 unspecified atom stereocenters. The van der Waals surface area contributed by atoms with Crippen LogP contribution in [0.4, 0.5) is 10.5 Å². The average Bonchev–Trinajstić information content (AvgIpc) is 3.12. The highest BCUT2D eigenvalue weighted by Crippen LogP contribution is 2.27. The van der Waals surface area contributed by atoms with Gasteiger partial charge in [-0.15, -0.1) is 11.3 Å². The Balaban J connectivity index is 1.62. The second kappa shape index (κ2) is 9.57. The van der Waals surface area contributed by atoms with Gasteiger partial charge in [-0.25, -0.2) is 9.78 Å². The van der Waals surface area contributed by atoms with Crippen molar-refractivity contribution in [2.45, 2.75) is 26.4 Å². The summed E-state index contributed by atoms with van der Waals surface area (Å²) >= 11 is 1.52. The van der Waals surface area contributed by atoms with Gasteiger partial charge in [0.25, 0.3) is 6.47 Å². The first-order valence-electron chi connectivity index (χ1n) is 9.67. The summed E-state index contributed by atoms with van der Waals surface area (Å²) in [5.41, 5.74) is 2.09. The zero-order valence-electron chi connectivity index (χ0n) is 17.9. The third-order valence-electron chi connectivity index (χ3n) is 4.15. The van der Waals surface area contributed by atoms with Crippen molar-refractivity contribution < 1.29 is 19.1 Å². The smallest absolute Gasteiger partial charge is 0.414 e. The second-order valence-electron chi connectivity index (χ2n) is 7.74. The lowest BCUT2D eigenvalue weighted by Gasteiger charge is -2.24. The fraction of sp³-hybridized carbons (Fsp3) is 0.208. The van der Waals surface area contributed by atoms with E-state index in [1.807, 2.05) is 75.4 Å². The quantitative estimate of drug-likeness (QED) is 0.354. The van der Waals surface area contributed by atoms with Crippen LogP contribution in [0.2, 0.25) is 0 Å². The summed E-state index contributed by atoms with van der Waals surface area (Å²) < 4.78 is 11.2.